The second kappa shape index (κ2) is 5.67. The summed E-state index contributed by atoms with van der Waals surface area (Å²) in [7, 11) is 1.67. The molecule has 0 aliphatic carbocycles. The Morgan fingerprint density at radius 1 is 1.33 bits per heavy atom. The quantitative estimate of drug-likeness (QED) is 0.724. The molecule has 2 fully saturated rings. The van der Waals surface area contributed by atoms with E-state index < -0.39 is 11.9 Å². The average Bonchev–Trinajstić information content (AvgIpc) is 2.87. The molecule has 0 bridgehead atoms. The Bertz CT molecular complexity index is 328. The summed E-state index contributed by atoms with van der Waals surface area (Å²) in [4.78, 5) is 24.9. The molecular formula is C12H20N2O4. The highest BCUT2D eigenvalue weighted by Crippen LogP contribution is 2.21. The third-order valence-corrected chi connectivity index (χ3v) is 3.82. The van der Waals surface area contributed by atoms with Crippen LogP contribution in [0.4, 0.5) is 0 Å². The molecule has 0 aromatic rings. The van der Waals surface area contributed by atoms with Crippen molar-refractivity contribution in [2.45, 2.75) is 31.3 Å². The lowest BCUT2D eigenvalue weighted by Gasteiger charge is -2.32. The van der Waals surface area contributed by atoms with Crippen LogP contribution in [0.2, 0.25) is 0 Å². The minimum absolute atomic E-state index is 0.0172. The number of carboxylic acids is 1. The summed E-state index contributed by atoms with van der Waals surface area (Å²) < 4.78 is 5.19. The average molecular weight is 256 g/mol. The van der Waals surface area contributed by atoms with E-state index in [9.17, 15) is 9.59 Å². The first-order chi connectivity index (χ1) is 8.61. The predicted octanol–water partition coefficient (Wildman–Crippen LogP) is -0.313. The highest BCUT2D eigenvalue weighted by Gasteiger charge is 2.39. The van der Waals surface area contributed by atoms with Crippen LogP contribution in [0, 0.1) is 5.92 Å². The van der Waals surface area contributed by atoms with Crippen LogP contribution in [-0.2, 0) is 14.3 Å². The summed E-state index contributed by atoms with van der Waals surface area (Å²) in [6, 6.07) is -0.516. The summed E-state index contributed by atoms with van der Waals surface area (Å²) in [5.74, 6) is -1.52. The Kier molecular flexibility index (Phi) is 4.19. The first-order valence-electron chi connectivity index (χ1n) is 6.42. The Morgan fingerprint density at radius 3 is 2.72 bits per heavy atom. The van der Waals surface area contributed by atoms with Crippen LogP contribution in [-0.4, -0.2) is 60.8 Å². The maximum atomic E-state index is 12.3. The molecule has 2 N–H and O–H groups in total. The van der Waals surface area contributed by atoms with Gasteiger partial charge in [-0.15, -0.1) is 0 Å². The minimum Gasteiger partial charge on any atom is -0.481 e. The summed E-state index contributed by atoms with van der Waals surface area (Å²) >= 11 is 0. The van der Waals surface area contributed by atoms with Crippen LogP contribution < -0.4 is 5.32 Å². The zero-order valence-electron chi connectivity index (χ0n) is 10.6. The monoisotopic (exact) mass is 256 g/mol. The number of carboxylic acid groups (broad SMARTS) is 1. The van der Waals surface area contributed by atoms with Gasteiger partial charge >= 0.3 is 5.97 Å². The largest absolute Gasteiger partial charge is 0.481 e. The Labute approximate surface area is 106 Å². The zero-order valence-corrected chi connectivity index (χ0v) is 10.6. The number of amides is 1. The number of nitrogens with one attached hydrogen (secondary N) is 1. The van der Waals surface area contributed by atoms with Crippen molar-refractivity contribution in [2.24, 2.45) is 5.92 Å². The molecule has 0 spiro atoms. The molecule has 6 nitrogen and oxygen atoms in total. The van der Waals surface area contributed by atoms with Crippen molar-refractivity contribution in [3.05, 3.63) is 0 Å². The summed E-state index contributed by atoms with van der Waals surface area (Å²) in [5.41, 5.74) is 0. The van der Waals surface area contributed by atoms with Gasteiger partial charge in [-0.05, 0) is 19.4 Å². The molecule has 0 saturated carbocycles. The Balaban J connectivity index is 1.98. The highest BCUT2D eigenvalue weighted by molar-refractivity contribution is 5.83. The predicted molar refractivity (Wildman–Crippen MR) is 64.1 cm³/mol. The van der Waals surface area contributed by atoms with Crippen LogP contribution in [0.3, 0.4) is 0 Å². The van der Waals surface area contributed by atoms with Gasteiger partial charge in [0.25, 0.3) is 0 Å². The molecule has 2 heterocycles. The molecule has 6 heteroatoms. The minimum atomic E-state index is -0.895. The number of carbonyl (C=O) groups excluding carboxylic acids is 1. The van der Waals surface area contributed by atoms with Crippen molar-refractivity contribution >= 4 is 11.9 Å². The molecule has 2 rings (SSSR count). The van der Waals surface area contributed by atoms with Crippen LogP contribution in [0.15, 0.2) is 0 Å². The maximum absolute atomic E-state index is 12.3. The lowest BCUT2D eigenvalue weighted by Crippen LogP contribution is -2.52. The van der Waals surface area contributed by atoms with E-state index in [1.54, 1.807) is 11.9 Å². The topological polar surface area (TPSA) is 78.9 Å². The highest BCUT2D eigenvalue weighted by atomic mass is 16.5. The van der Waals surface area contributed by atoms with E-state index in [0.717, 1.165) is 25.8 Å². The van der Waals surface area contributed by atoms with Gasteiger partial charge in [0, 0.05) is 7.05 Å². The molecule has 2 aliphatic rings. The van der Waals surface area contributed by atoms with Crippen molar-refractivity contribution < 1.29 is 19.4 Å². The zero-order chi connectivity index (χ0) is 13.1. The van der Waals surface area contributed by atoms with E-state index in [1.165, 1.54) is 0 Å². The number of carbonyl (C=O) groups is 2. The lowest BCUT2D eigenvalue weighted by atomic mass is 9.99. The molecule has 2 unspecified atom stereocenters. The van der Waals surface area contributed by atoms with E-state index in [1.807, 2.05) is 0 Å². The molecule has 0 aromatic heterocycles. The van der Waals surface area contributed by atoms with Crippen LogP contribution >= 0.6 is 0 Å². The molecule has 102 valence electrons. The van der Waals surface area contributed by atoms with Crippen molar-refractivity contribution in [1.82, 2.24) is 10.2 Å². The number of hydrogen-bond acceptors (Lipinski definition) is 4. The van der Waals surface area contributed by atoms with E-state index in [4.69, 9.17) is 9.84 Å². The van der Waals surface area contributed by atoms with Gasteiger partial charge in [0.05, 0.1) is 25.3 Å². The van der Waals surface area contributed by atoms with Crippen molar-refractivity contribution in [2.75, 3.05) is 26.8 Å². The first-order valence-corrected chi connectivity index (χ1v) is 6.42. The van der Waals surface area contributed by atoms with Gasteiger partial charge in [0.2, 0.25) is 5.91 Å². The number of hydrogen-bond donors (Lipinski definition) is 2. The van der Waals surface area contributed by atoms with E-state index in [0.29, 0.717) is 6.61 Å². The molecule has 18 heavy (non-hydrogen) atoms. The van der Waals surface area contributed by atoms with Crippen LogP contribution in [0.1, 0.15) is 19.3 Å². The van der Waals surface area contributed by atoms with Crippen LogP contribution in [0.25, 0.3) is 0 Å². The van der Waals surface area contributed by atoms with Gasteiger partial charge in [-0.25, -0.2) is 0 Å². The summed E-state index contributed by atoms with van der Waals surface area (Å²) in [6.45, 7) is 1.36. The molecule has 3 atom stereocenters. The number of piperidine rings is 1. The molecule has 2 aliphatic heterocycles. The Morgan fingerprint density at radius 2 is 2.11 bits per heavy atom. The fraction of sp³-hybridized carbons (Fsp3) is 0.833. The third-order valence-electron chi connectivity index (χ3n) is 3.82. The summed E-state index contributed by atoms with van der Waals surface area (Å²) in [6.07, 6.45) is 2.97. The second-order valence-electron chi connectivity index (χ2n) is 5.00. The number of likely N-dealkylation sites (N-methyl/N-ethyl adjacent to an activating group) is 1. The molecular weight excluding hydrogens is 236 g/mol. The smallest absolute Gasteiger partial charge is 0.311 e. The van der Waals surface area contributed by atoms with E-state index in [2.05, 4.69) is 5.32 Å². The SMILES string of the molecule is CN(C(=O)[C@H]1CCCCN1)C1COCC1C(=O)O. The van der Waals surface area contributed by atoms with Crippen molar-refractivity contribution in [3.8, 4) is 0 Å². The number of aliphatic carboxylic acids is 1. The van der Waals surface area contributed by atoms with Crippen molar-refractivity contribution in [1.29, 1.82) is 0 Å². The normalized spacial score (nSPS) is 32.2. The van der Waals surface area contributed by atoms with Crippen molar-refractivity contribution in [3.63, 3.8) is 0 Å². The fourth-order valence-corrected chi connectivity index (χ4v) is 2.63. The van der Waals surface area contributed by atoms with E-state index >= 15 is 0 Å². The first kappa shape index (κ1) is 13.3. The molecule has 1 amide bonds. The van der Waals surface area contributed by atoms with Gasteiger partial charge < -0.3 is 20.1 Å². The van der Waals surface area contributed by atoms with Gasteiger partial charge in [0.15, 0.2) is 0 Å². The molecule has 0 aromatic carbocycles. The number of rotatable bonds is 3. The van der Waals surface area contributed by atoms with Gasteiger partial charge in [-0.2, -0.15) is 0 Å². The number of nitrogens with zero attached hydrogens (tertiary/aromatic N) is 1. The van der Waals surface area contributed by atoms with E-state index in [-0.39, 0.29) is 24.6 Å². The Hall–Kier alpha value is -1.14. The second-order valence-corrected chi connectivity index (χ2v) is 5.00. The fourth-order valence-electron chi connectivity index (χ4n) is 2.63. The third kappa shape index (κ3) is 2.64. The van der Waals surface area contributed by atoms with Gasteiger partial charge in [0.1, 0.15) is 5.92 Å². The number of ether oxygens (including phenoxy) is 1. The van der Waals surface area contributed by atoms with Gasteiger partial charge in [-0.3, -0.25) is 9.59 Å². The standard InChI is InChI=1S/C12H20N2O4/c1-14(10-7-18-6-8(10)12(16)17)11(15)9-4-2-3-5-13-9/h8-10,13H,2-7H2,1H3,(H,16,17)/t8?,9-,10?/m1/s1. The maximum Gasteiger partial charge on any atom is 0.311 e. The molecule has 0 radical (unpaired) electrons. The van der Waals surface area contributed by atoms with Gasteiger partial charge in [-0.1, -0.05) is 6.42 Å². The van der Waals surface area contributed by atoms with Crippen LogP contribution in [0.5, 0.6) is 0 Å². The summed E-state index contributed by atoms with van der Waals surface area (Å²) in [5, 5.41) is 12.3. The molecule has 2 saturated heterocycles. The lowest BCUT2D eigenvalue weighted by molar-refractivity contribution is -0.145.